The predicted molar refractivity (Wildman–Crippen MR) is 57.0 cm³/mol. The summed E-state index contributed by atoms with van der Waals surface area (Å²) in [4.78, 5) is 4.20. The number of aromatic nitrogens is 1. The molecule has 1 heterocycles. The standard InChI is InChI=1S/C10H17N3/c1-6(2)9-7(3)10(12-4)13-5-8(9)11/h5-6H,11H2,1-4H3,(H,12,13). The Morgan fingerprint density at radius 1 is 1.46 bits per heavy atom. The fourth-order valence-corrected chi connectivity index (χ4v) is 1.66. The van der Waals surface area contributed by atoms with Crippen LogP contribution in [0.25, 0.3) is 0 Å². The monoisotopic (exact) mass is 179 g/mol. The first kappa shape index (κ1) is 9.84. The van der Waals surface area contributed by atoms with Gasteiger partial charge in [0.05, 0.1) is 11.9 Å². The lowest BCUT2D eigenvalue weighted by molar-refractivity contribution is 0.856. The molecule has 3 heteroatoms. The van der Waals surface area contributed by atoms with Crippen molar-refractivity contribution in [3.8, 4) is 0 Å². The average molecular weight is 179 g/mol. The second-order valence-electron chi connectivity index (χ2n) is 3.51. The number of rotatable bonds is 2. The average Bonchev–Trinajstić information content (AvgIpc) is 2.04. The Labute approximate surface area is 79.4 Å². The summed E-state index contributed by atoms with van der Waals surface area (Å²) in [6, 6.07) is 0. The molecule has 0 spiro atoms. The Hall–Kier alpha value is -1.25. The smallest absolute Gasteiger partial charge is 0.129 e. The van der Waals surface area contributed by atoms with Crippen molar-refractivity contribution >= 4 is 11.5 Å². The first-order chi connectivity index (χ1) is 6.07. The number of nitrogens with one attached hydrogen (secondary N) is 1. The molecule has 0 bridgehead atoms. The van der Waals surface area contributed by atoms with Gasteiger partial charge < -0.3 is 11.1 Å². The van der Waals surface area contributed by atoms with Crippen molar-refractivity contribution in [1.29, 1.82) is 0 Å². The molecule has 0 atom stereocenters. The van der Waals surface area contributed by atoms with Crippen LogP contribution >= 0.6 is 0 Å². The van der Waals surface area contributed by atoms with Crippen molar-refractivity contribution in [2.45, 2.75) is 26.7 Å². The van der Waals surface area contributed by atoms with E-state index in [0.717, 1.165) is 17.1 Å². The van der Waals surface area contributed by atoms with E-state index in [4.69, 9.17) is 5.73 Å². The Balaban J connectivity index is 3.30. The molecular weight excluding hydrogens is 162 g/mol. The van der Waals surface area contributed by atoms with Crippen LogP contribution in [0, 0.1) is 6.92 Å². The molecule has 0 aliphatic rings. The lowest BCUT2D eigenvalue weighted by Crippen LogP contribution is -2.05. The number of hydrogen-bond donors (Lipinski definition) is 2. The van der Waals surface area contributed by atoms with Gasteiger partial charge in [-0.25, -0.2) is 4.98 Å². The highest BCUT2D eigenvalue weighted by atomic mass is 15.0. The largest absolute Gasteiger partial charge is 0.397 e. The van der Waals surface area contributed by atoms with Gasteiger partial charge in [0.2, 0.25) is 0 Å². The van der Waals surface area contributed by atoms with Gasteiger partial charge in [0, 0.05) is 7.05 Å². The normalized spacial score (nSPS) is 10.5. The summed E-state index contributed by atoms with van der Waals surface area (Å²) >= 11 is 0. The molecule has 1 aromatic rings. The number of nitrogens with zero attached hydrogens (tertiary/aromatic N) is 1. The first-order valence-electron chi connectivity index (χ1n) is 4.50. The lowest BCUT2D eigenvalue weighted by Gasteiger charge is -2.15. The minimum Gasteiger partial charge on any atom is -0.397 e. The van der Waals surface area contributed by atoms with Crippen LogP contribution in [0.4, 0.5) is 11.5 Å². The zero-order valence-electron chi connectivity index (χ0n) is 8.68. The summed E-state index contributed by atoms with van der Waals surface area (Å²) in [5.41, 5.74) is 8.98. The molecule has 3 nitrogen and oxygen atoms in total. The van der Waals surface area contributed by atoms with Crippen LogP contribution in [0.3, 0.4) is 0 Å². The molecule has 0 saturated carbocycles. The topological polar surface area (TPSA) is 50.9 Å². The SMILES string of the molecule is CNc1ncc(N)c(C(C)C)c1C. The Kier molecular flexibility index (Phi) is 2.76. The number of nitrogens with two attached hydrogens (primary N) is 1. The third kappa shape index (κ3) is 1.74. The molecule has 3 N–H and O–H groups in total. The van der Waals surface area contributed by atoms with Gasteiger partial charge in [-0.15, -0.1) is 0 Å². The molecule has 0 aliphatic carbocycles. The van der Waals surface area contributed by atoms with Gasteiger partial charge in [-0.1, -0.05) is 13.8 Å². The van der Waals surface area contributed by atoms with E-state index in [9.17, 15) is 0 Å². The summed E-state index contributed by atoms with van der Waals surface area (Å²) in [5.74, 6) is 1.35. The van der Waals surface area contributed by atoms with Crippen LogP contribution in [-0.2, 0) is 0 Å². The Morgan fingerprint density at radius 2 is 2.08 bits per heavy atom. The van der Waals surface area contributed by atoms with E-state index in [-0.39, 0.29) is 0 Å². The van der Waals surface area contributed by atoms with Gasteiger partial charge in [0.25, 0.3) is 0 Å². The molecule has 0 aliphatic heterocycles. The summed E-state index contributed by atoms with van der Waals surface area (Å²) in [7, 11) is 1.87. The van der Waals surface area contributed by atoms with E-state index in [0.29, 0.717) is 5.92 Å². The molecule has 72 valence electrons. The quantitative estimate of drug-likeness (QED) is 0.731. The van der Waals surface area contributed by atoms with E-state index < -0.39 is 0 Å². The van der Waals surface area contributed by atoms with Crippen molar-refractivity contribution in [3.05, 3.63) is 17.3 Å². The van der Waals surface area contributed by atoms with Gasteiger partial charge in [-0.3, -0.25) is 0 Å². The van der Waals surface area contributed by atoms with Crippen molar-refractivity contribution in [2.75, 3.05) is 18.1 Å². The molecular formula is C10H17N3. The van der Waals surface area contributed by atoms with Crippen molar-refractivity contribution in [1.82, 2.24) is 4.98 Å². The van der Waals surface area contributed by atoms with Crippen LogP contribution in [0.2, 0.25) is 0 Å². The van der Waals surface area contributed by atoms with Crippen LogP contribution in [0.15, 0.2) is 6.20 Å². The highest BCUT2D eigenvalue weighted by Crippen LogP contribution is 2.28. The van der Waals surface area contributed by atoms with Gasteiger partial charge in [0.1, 0.15) is 5.82 Å². The second kappa shape index (κ2) is 3.64. The minimum absolute atomic E-state index is 0.440. The van der Waals surface area contributed by atoms with Crippen molar-refractivity contribution in [3.63, 3.8) is 0 Å². The molecule has 0 radical (unpaired) electrons. The maximum absolute atomic E-state index is 5.86. The molecule has 1 rings (SSSR count). The Bertz CT molecular complexity index is 305. The van der Waals surface area contributed by atoms with Gasteiger partial charge in [-0.05, 0) is 24.0 Å². The highest BCUT2D eigenvalue weighted by Gasteiger charge is 2.11. The molecule has 0 unspecified atom stereocenters. The van der Waals surface area contributed by atoms with E-state index in [2.05, 4.69) is 24.1 Å². The second-order valence-corrected chi connectivity index (χ2v) is 3.51. The van der Waals surface area contributed by atoms with Crippen LogP contribution in [0.5, 0.6) is 0 Å². The molecule has 13 heavy (non-hydrogen) atoms. The highest BCUT2D eigenvalue weighted by molar-refractivity contribution is 5.59. The van der Waals surface area contributed by atoms with Gasteiger partial charge in [-0.2, -0.15) is 0 Å². The number of hydrogen-bond acceptors (Lipinski definition) is 3. The summed E-state index contributed by atoms with van der Waals surface area (Å²) < 4.78 is 0. The maximum atomic E-state index is 5.86. The van der Waals surface area contributed by atoms with Crippen LogP contribution < -0.4 is 11.1 Å². The summed E-state index contributed by atoms with van der Waals surface area (Å²) in [5, 5.41) is 3.05. The molecule has 0 fully saturated rings. The Morgan fingerprint density at radius 3 is 2.54 bits per heavy atom. The summed E-state index contributed by atoms with van der Waals surface area (Å²) in [6.07, 6.45) is 1.72. The van der Waals surface area contributed by atoms with E-state index >= 15 is 0 Å². The number of anilines is 2. The van der Waals surface area contributed by atoms with E-state index in [1.807, 2.05) is 14.0 Å². The fraction of sp³-hybridized carbons (Fsp3) is 0.500. The summed E-state index contributed by atoms with van der Waals surface area (Å²) in [6.45, 7) is 6.32. The molecule has 0 amide bonds. The van der Waals surface area contributed by atoms with Crippen molar-refractivity contribution in [2.24, 2.45) is 0 Å². The number of nitrogen functional groups attached to an aromatic ring is 1. The van der Waals surface area contributed by atoms with Crippen LogP contribution in [-0.4, -0.2) is 12.0 Å². The van der Waals surface area contributed by atoms with Crippen LogP contribution in [0.1, 0.15) is 30.9 Å². The number of pyridine rings is 1. The maximum Gasteiger partial charge on any atom is 0.129 e. The van der Waals surface area contributed by atoms with Gasteiger partial charge in [0.15, 0.2) is 0 Å². The first-order valence-corrected chi connectivity index (χ1v) is 4.50. The third-order valence-corrected chi connectivity index (χ3v) is 2.22. The predicted octanol–water partition coefficient (Wildman–Crippen LogP) is 2.14. The zero-order valence-corrected chi connectivity index (χ0v) is 8.68. The molecule has 1 aromatic heterocycles. The van der Waals surface area contributed by atoms with E-state index in [1.54, 1.807) is 6.20 Å². The van der Waals surface area contributed by atoms with E-state index in [1.165, 1.54) is 5.56 Å². The lowest BCUT2D eigenvalue weighted by atomic mass is 9.97. The van der Waals surface area contributed by atoms with Crippen molar-refractivity contribution < 1.29 is 0 Å². The minimum atomic E-state index is 0.440. The fourth-order valence-electron chi connectivity index (χ4n) is 1.66. The zero-order chi connectivity index (χ0) is 10.0. The molecule has 0 aromatic carbocycles. The van der Waals surface area contributed by atoms with Gasteiger partial charge >= 0.3 is 0 Å². The third-order valence-electron chi connectivity index (χ3n) is 2.22. The molecule has 0 saturated heterocycles.